The molecule has 0 bridgehead atoms. The molecule has 0 amide bonds. The number of nitrogen functional groups attached to an aromatic ring is 1. The van der Waals surface area contributed by atoms with Gasteiger partial charge in [0.2, 0.25) is 10.0 Å². The van der Waals surface area contributed by atoms with Gasteiger partial charge in [-0.05, 0) is 19.8 Å². The summed E-state index contributed by atoms with van der Waals surface area (Å²) in [7, 11) is -1.94. The second kappa shape index (κ2) is 5.27. The van der Waals surface area contributed by atoms with Crippen molar-refractivity contribution in [2.24, 2.45) is 13.0 Å². The summed E-state index contributed by atoms with van der Waals surface area (Å²) < 4.78 is 28.7. The van der Waals surface area contributed by atoms with Crippen molar-refractivity contribution in [1.29, 1.82) is 0 Å². The molecule has 1 aromatic rings. The van der Waals surface area contributed by atoms with Gasteiger partial charge in [-0.1, -0.05) is 20.3 Å². The first kappa shape index (κ1) is 15.0. The second-order valence-electron chi connectivity index (χ2n) is 4.72. The molecule has 0 aliphatic heterocycles. The van der Waals surface area contributed by atoms with Crippen LogP contribution >= 0.6 is 0 Å². The lowest BCUT2D eigenvalue weighted by Crippen LogP contribution is -2.37. The molecule has 0 radical (unpaired) electrons. The Morgan fingerprint density at radius 2 is 2.00 bits per heavy atom. The zero-order valence-corrected chi connectivity index (χ0v) is 12.4. The van der Waals surface area contributed by atoms with E-state index in [0.717, 1.165) is 6.42 Å². The molecule has 0 saturated heterocycles. The summed E-state index contributed by atoms with van der Waals surface area (Å²) in [6.07, 6.45) is 0.908. The van der Waals surface area contributed by atoms with Crippen LogP contribution < -0.4 is 10.5 Å². The van der Waals surface area contributed by atoms with Gasteiger partial charge < -0.3 is 5.73 Å². The maximum absolute atomic E-state index is 12.3. The number of hydrogen-bond donors (Lipinski definition) is 2. The maximum Gasteiger partial charge on any atom is 0.246 e. The van der Waals surface area contributed by atoms with Crippen LogP contribution in [-0.2, 0) is 17.1 Å². The van der Waals surface area contributed by atoms with Crippen LogP contribution in [-0.4, -0.2) is 24.2 Å². The van der Waals surface area contributed by atoms with Crippen molar-refractivity contribution in [3.63, 3.8) is 0 Å². The molecule has 3 N–H and O–H groups in total. The van der Waals surface area contributed by atoms with Crippen LogP contribution in [0.25, 0.3) is 0 Å². The molecule has 0 spiro atoms. The first-order chi connectivity index (χ1) is 8.20. The highest BCUT2D eigenvalue weighted by molar-refractivity contribution is 7.89. The van der Waals surface area contributed by atoms with E-state index in [4.69, 9.17) is 5.73 Å². The van der Waals surface area contributed by atoms with Gasteiger partial charge in [0.1, 0.15) is 4.90 Å². The molecule has 2 atom stereocenters. The normalized spacial score (nSPS) is 15.6. The molecule has 7 heteroatoms. The number of nitrogens with one attached hydrogen (secondary N) is 1. The van der Waals surface area contributed by atoms with Crippen molar-refractivity contribution in [1.82, 2.24) is 14.5 Å². The third kappa shape index (κ3) is 2.84. The molecule has 0 aromatic carbocycles. The van der Waals surface area contributed by atoms with Crippen LogP contribution in [0.5, 0.6) is 0 Å². The van der Waals surface area contributed by atoms with Crippen LogP contribution in [0.15, 0.2) is 4.90 Å². The predicted molar refractivity (Wildman–Crippen MR) is 71.6 cm³/mol. The summed E-state index contributed by atoms with van der Waals surface area (Å²) in [6.45, 7) is 7.57. The van der Waals surface area contributed by atoms with Crippen LogP contribution in [0.3, 0.4) is 0 Å². The number of nitrogens with two attached hydrogens (primary N) is 1. The van der Waals surface area contributed by atoms with Gasteiger partial charge in [0.25, 0.3) is 0 Å². The van der Waals surface area contributed by atoms with Crippen molar-refractivity contribution < 1.29 is 8.42 Å². The fraction of sp³-hybridized carbons (Fsp3) is 0.727. The Bertz CT molecular complexity index is 521. The molecule has 104 valence electrons. The molecule has 0 fully saturated rings. The van der Waals surface area contributed by atoms with Gasteiger partial charge in [-0.3, -0.25) is 4.68 Å². The minimum atomic E-state index is -3.61. The van der Waals surface area contributed by atoms with Crippen molar-refractivity contribution >= 4 is 15.8 Å². The fourth-order valence-corrected chi connectivity index (χ4v) is 3.40. The third-order valence-electron chi connectivity index (χ3n) is 3.41. The lowest BCUT2D eigenvalue weighted by Gasteiger charge is -2.19. The van der Waals surface area contributed by atoms with E-state index in [1.165, 1.54) is 4.68 Å². The first-order valence-electron chi connectivity index (χ1n) is 6.02. The quantitative estimate of drug-likeness (QED) is 0.839. The number of hydrogen-bond acceptors (Lipinski definition) is 4. The average molecular weight is 274 g/mol. The highest BCUT2D eigenvalue weighted by atomic mass is 32.2. The van der Waals surface area contributed by atoms with E-state index in [1.54, 1.807) is 14.0 Å². The first-order valence-corrected chi connectivity index (χ1v) is 7.50. The van der Waals surface area contributed by atoms with Crippen molar-refractivity contribution in [3.05, 3.63) is 5.69 Å². The largest absolute Gasteiger partial charge is 0.381 e. The van der Waals surface area contributed by atoms with Crippen molar-refractivity contribution in [2.75, 3.05) is 5.73 Å². The van der Waals surface area contributed by atoms with E-state index in [-0.39, 0.29) is 22.7 Å². The zero-order valence-electron chi connectivity index (χ0n) is 11.6. The topological polar surface area (TPSA) is 90.0 Å². The summed E-state index contributed by atoms with van der Waals surface area (Å²) in [4.78, 5) is 0.0835. The summed E-state index contributed by atoms with van der Waals surface area (Å²) in [5.74, 6) is 0.303. The smallest absolute Gasteiger partial charge is 0.246 e. The van der Waals surface area contributed by atoms with Gasteiger partial charge in [-0.15, -0.1) is 0 Å². The Kier molecular flexibility index (Phi) is 4.39. The van der Waals surface area contributed by atoms with E-state index in [0.29, 0.717) is 5.69 Å². The molecule has 1 rings (SSSR count). The molecule has 18 heavy (non-hydrogen) atoms. The molecule has 0 aliphatic carbocycles. The van der Waals surface area contributed by atoms with Gasteiger partial charge in [0.15, 0.2) is 5.82 Å². The van der Waals surface area contributed by atoms with Crippen molar-refractivity contribution in [2.45, 2.75) is 45.1 Å². The molecular formula is C11H22N4O2S. The summed E-state index contributed by atoms with van der Waals surface area (Å²) in [6, 6.07) is -0.140. The summed E-state index contributed by atoms with van der Waals surface area (Å²) in [5.41, 5.74) is 6.20. The number of anilines is 1. The van der Waals surface area contributed by atoms with Gasteiger partial charge in [-0.25, -0.2) is 13.1 Å². The minimum absolute atomic E-state index is 0.0406. The number of aromatic nitrogens is 2. The van der Waals surface area contributed by atoms with E-state index in [1.807, 2.05) is 20.8 Å². The number of nitrogens with zero attached hydrogens (tertiary/aromatic N) is 2. The Morgan fingerprint density at radius 3 is 2.39 bits per heavy atom. The molecule has 0 saturated carbocycles. The highest BCUT2D eigenvalue weighted by Gasteiger charge is 2.27. The number of aryl methyl sites for hydroxylation is 1. The maximum atomic E-state index is 12.3. The fourth-order valence-electron chi connectivity index (χ4n) is 1.72. The van der Waals surface area contributed by atoms with Gasteiger partial charge >= 0.3 is 0 Å². The predicted octanol–water partition coefficient (Wildman–Crippen LogP) is 1.02. The SMILES string of the molecule is CCC(C)C(C)NS(=O)(=O)c1c(N)nn(C)c1C. The average Bonchev–Trinajstić information content (AvgIpc) is 2.51. The number of sulfonamides is 1. The Morgan fingerprint density at radius 1 is 1.44 bits per heavy atom. The van der Waals surface area contributed by atoms with E-state index >= 15 is 0 Å². The zero-order chi connectivity index (χ0) is 14.1. The van der Waals surface area contributed by atoms with E-state index in [9.17, 15) is 8.42 Å². The van der Waals surface area contributed by atoms with Crippen LogP contribution in [0.2, 0.25) is 0 Å². The Balaban J connectivity index is 3.08. The molecule has 0 aliphatic rings. The van der Waals surface area contributed by atoms with Crippen LogP contribution in [0.4, 0.5) is 5.82 Å². The van der Waals surface area contributed by atoms with Crippen LogP contribution in [0, 0.1) is 12.8 Å². The van der Waals surface area contributed by atoms with E-state index < -0.39 is 10.0 Å². The molecule has 6 nitrogen and oxygen atoms in total. The van der Waals surface area contributed by atoms with Crippen LogP contribution in [0.1, 0.15) is 32.9 Å². The minimum Gasteiger partial charge on any atom is -0.381 e. The summed E-state index contributed by atoms with van der Waals surface area (Å²) in [5, 5.41) is 3.92. The summed E-state index contributed by atoms with van der Waals surface area (Å²) >= 11 is 0. The van der Waals surface area contributed by atoms with Crippen molar-refractivity contribution in [3.8, 4) is 0 Å². The molecule has 2 unspecified atom stereocenters. The van der Waals surface area contributed by atoms with Gasteiger partial charge in [0.05, 0.1) is 5.69 Å². The standard InChI is InChI=1S/C11H22N4O2S/c1-6-7(2)8(3)14-18(16,17)10-9(4)15(5)13-11(10)12/h7-8,14H,6H2,1-5H3,(H2,12,13). The molecular weight excluding hydrogens is 252 g/mol. The highest BCUT2D eigenvalue weighted by Crippen LogP contribution is 2.22. The Hall–Kier alpha value is -1.08. The third-order valence-corrected chi connectivity index (χ3v) is 5.14. The van der Waals surface area contributed by atoms with Gasteiger partial charge in [0, 0.05) is 13.1 Å². The van der Waals surface area contributed by atoms with Gasteiger partial charge in [-0.2, -0.15) is 5.10 Å². The molecule has 1 aromatic heterocycles. The lowest BCUT2D eigenvalue weighted by atomic mass is 10.0. The molecule has 1 heterocycles. The Labute approximate surface area is 109 Å². The second-order valence-corrected chi connectivity index (χ2v) is 6.37. The van der Waals surface area contributed by atoms with E-state index in [2.05, 4.69) is 9.82 Å². The lowest BCUT2D eigenvalue weighted by molar-refractivity contribution is 0.434. The monoisotopic (exact) mass is 274 g/mol. The number of rotatable bonds is 5.